The molecule has 4 aromatic carbocycles. The lowest BCUT2D eigenvalue weighted by Crippen LogP contribution is -2.26. The number of carboxylic acid groups (broad SMARTS) is 1. The fourth-order valence-corrected chi connectivity index (χ4v) is 6.08. The Labute approximate surface area is 228 Å². The summed E-state index contributed by atoms with van der Waals surface area (Å²) in [6.07, 6.45) is 7.12. The van der Waals surface area contributed by atoms with E-state index in [4.69, 9.17) is 0 Å². The smallest absolute Gasteiger partial charge is 0.346 e. The largest absolute Gasteiger partial charge is 0.477 e. The normalized spacial score (nSPS) is 17.7. The SMILES string of the molecule is N#C/C(=C\c1ccc2c(c1)[C@@H]1CCC[C@@H]1N2c1ccc(C=C(c2ccccc2)c2ccccc2)cc1)C(=O)O. The Bertz CT molecular complexity index is 1570. The van der Waals surface area contributed by atoms with Crippen LogP contribution in [0.1, 0.15) is 53.0 Å². The van der Waals surface area contributed by atoms with Gasteiger partial charge in [0.15, 0.2) is 0 Å². The lowest BCUT2D eigenvalue weighted by molar-refractivity contribution is -0.132. The molecule has 0 aromatic heterocycles. The number of nitriles is 1. The number of hydrogen-bond acceptors (Lipinski definition) is 3. The number of carbonyl (C=O) groups is 1. The van der Waals surface area contributed by atoms with Crippen LogP contribution in [0.3, 0.4) is 0 Å². The van der Waals surface area contributed by atoms with E-state index in [1.165, 1.54) is 40.4 Å². The highest BCUT2D eigenvalue weighted by atomic mass is 16.4. The fraction of sp³-hybridized carbons (Fsp3) is 0.143. The molecule has 1 aliphatic carbocycles. The van der Waals surface area contributed by atoms with Crippen LogP contribution in [0.15, 0.2) is 109 Å². The number of carboxylic acids is 1. The van der Waals surface area contributed by atoms with Gasteiger partial charge in [-0.3, -0.25) is 0 Å². The van der Waals surface area contributed by atoms with Gasteiger partial charge < -0.3 is 10.0 Å². The van der Waals surface area contributed by atoms with Crippen molar-refractivity contribution in [2.75, 3.05) is 4.90 Å². The maximum absolute atomic E-state index is 11.3. The van der Waals surface area contributed by atoms with Gasteiger partial charge in [-0.25, -0.2) is 4.79 Å². The average molecular weight is 509 g/mol. The molecule has 4 nitrogen and oxygen atoms in total. The van der Waals surface area contributed by atoms with Gasteiger partial charge in [0.1, 0.15) is 11.6 Å². The topological polar surface area (TPSA) is 64.3 Å². The molecule has 2 atom stereocenters. The Balaban J connectivity index is 1.35. The third-order valence-corrected chi connectivity index (χ3v) is 7.84. The Hall–Kier alpha value is -4.88. The number of aliphatic carboxylic acids is 1. The Morgan fingerprint density at radius 2 is 1.46 bits per heavy atom. The molecule has 0 radical (unpaired) electrons. The average Bonchev–Trinajstić information content (AvgIpc) is 3.57. The third-order valence-electron chi connectivity index (χ3n) is 7.84. The second kappa shape index (κ2) is 10.5. The van der Waals surface area contributed by atoms with Gasteiger partial charge >= 0.3 is 5.97 Å². The van der Waals surface area contributed by atoms with Gasteiger partial charge in [0, 0.05) is 23.3 Å². The third kappa shape index (κ3) is 4.76. The molecule has 4 aromatic rings. The molecule has 6 rings (SSSR count). The van der Waals surface area contributed by atoms with Crippen molar-refractivity contribution in [2.24, 2.45) is 0 Å². The first kappa shape index (κ1) is 24.5. The van der Waals surface area contributed by atoms with E-state index in [9.17, 15) is 15.2 Å². The highest BCUT2D eigenvalue weighted by molar-refractivity contribution is 5.96. The summed E-state index contributed by atoms with van der Waals surface area (Å²) in [5.41, 5.74) is 8.78. The minimum Gasteiger partial charge on any atom is -0.477 e. The van der Waals surface area contributed by atoms with E-state index in [1.54, 1.807) is 6.07 Å². The molecule has 2 aliphatic rings. The van der Waals surface area contributed by atoms with Crippen LogP contribution >= 0.6 is 0 Å². The van der Waals surface area contributed by atoms with E-state index in [2.05, 4.69) is 95.9 Å². The first-order valence-corrected chi connectivity index (χ1v) is 13.3. The zero-order valence-corrected chi connectivity index (χ0v) is 21.5. The number of nitrogens with zero attached hydrogens (tertiary/aromatic N) is 2. The first-order chi connectivity index (χ1) is 19.1. The van der Waals surface area contributed by atoms with Crippen LogP contribution in [0.25, 0.3) is 17.7 Å². The van der Waals surface area contributed by atoms with E-state index < -0.39 is 5.97 Å². The van der Waals surface area contributed by atoms with Gasteiger partial charge in [0.25, 0.3) is 0 Å². The molecule has 1 fully saturated rings. The summed E-state index contributed by atoms with van der Waals surface area (Å²) in [6.45, 7) is 0. The maximum atomic E-state index is 11.3. The van der Waals surface area contributed by atoms with E-state index >= 15 is 0 Å². The molecular formula is C35H28N2O2. The molecule has 1 saturated carbocycles. The molecule has 1 aliphatic heterocycles. The standard InChI is InChI=1S/C35H28N2O2/c36-23-28(35(38)39)20-25-16-19-34-32(22-25)30-12-7-13-33(30)37(34)29-17-14-24(15-18-29)21-31(26-8-3-1-4-9-26)27-10-5-2-6-11-27/h1-6,8-11,14-22,30,33H,7,12-13H2,(H,38,39)/b28-20+/t30-,33-/m0/s1. The Kier molecular flexibility index (Phi) is 6.57. The molecule has 1 heterocycles. The molecule has 1 N–H and O–H groups in total. The van der Waals surface area contributed by atoms with Gasteiger partial charge in [-0.1, -0.05) is 85.3 Å². The van der Waals surface area contributed by atoms with Gasteiger partial charge in [-0.2, -0.15) is 5.26 Å². The second-order valence-electron chi connectivity index (χ2n) is 10.1. The molecule has 0 unspecified atom stereocenters. The summed E-state index contributed by atoms with van der Waals surface area (Å²) < 4.78 is 0. The van der Waals surface area contributed by atoms with Crippen LogP contribution in [0, 0.1) is 11.3 Å². The summed E-state index contributed by atoms with van der Waals surface area (Å²) >= 11 is 0. The Morgan fingerprint density at radius 3 is 2.08 bits per heavy atom. The summed E-state index contributed by atoms with van der Waals surface area (Å²) in [5.74, 6) is -0.791. The van der Waals surface area contributed by atoms with Crippen molar-refractivity contribution in [2.45, 2.75) is 31.2 Å². The molecule has 0 amide bonds. The number of hydrogen-bond donors (Lipinski definition) is 1. The van der Waals surface area contributed by atoms with Crippen molar-refractivity contribution in [3.8, 4) is 6.07 Å². The maximum Gasteiger partial charge on any atom is 0.346 e. The number of rotatable bonds is 6. The van der Waals surface area contributed by atoms with Gasteiger partial charge in [0.05, 0.1) is 0 Å². The first-order valence-electron chi connectivity index (χ1n) is 13.3. The number of anilines is 2. The zero-order chi connectivity index (χ0) is 26.8. The van der Waals surface area contributed by atoms with Crippen LogP contribution in [0.4, 0.5) is 11.4 Å². The summed E-state index contributed by atoms with van der Waals surface area (Å²) in [4.78, 5) is 13.8. The van der Waals surface area contributed by atoms with Crippen molar-refractivity contribution in [3.05, 3.63) is 137 Å². The highest BCUT2D eigenvalue weighted by Gasteiger charge is 2.42. The number of benzene rings is 4. The summed E-state index contributed by atoms with van der Waals surface area (Å²) in [5, 5.41) is 18.5. The predicted molar refractivity (Wildman–Crippen MR) is 156 cm³/mol. The summed E-state index contributed by atoms with van der Waals surface area (Å²) in [6, 6.07) is 38.0. The quantitative estimate of drug-likeness (QED) is 0.163. The van der Waals surface area contributed by atoms with Gasteiger partial charge in [-0.05, 0) is 82.6 Å². The van der Waals surface area contributed by atoms with E-state index in [-0.39, 0.29) is 5.57 Å². The van der Waals surface area contributed by atoms with Crippen molar-refractivity contribution in [3.63, 3.8) is 0 Å². The molecule has 0 bridgehead atoms. The zero-order valence-electron chi connectivity index (χ0n) is 21.5. The fourth-order valence-electron chi connectivity index (χ4n) is 6.08. The van der Waals surface area contributed by atoms with Crippen LogP contribution in [-0.2, 0) is 4.79 Å². The van der Waals surface area contributed by atoms with Gasteiger partial charge in [-0.15, -0.1) is 0 Å². The van der Waals surface area contributed by atoms with Crippen LogP contribution in [-0.4, -0.2) is 17.1 Å². The van der Waals surface area contributed by atoms with Crippen molar-refractivity contribution >= 4 is 35.1 Å². The van der Waals surface area contributed by atoms with Crippen molar-refractivity contribution in [1.29, 1.82) is 5.26 Å². The molecule has 4 heteroatoms. The van der Waals surface area contributed by atoms with Crippen LogP contribution in [0.5, 0.6) is 0 Å². The van der Waals surface area contributed by atoms with Crippen LogP contribution < -0.4 is 4.90 Å². The lowest BCUT2D eigenvalue weighted by atomic mass is 9.95. The molecule has 190 valence electrons. The second-order valence-corrected chi connectivity index (χ2v) is 10.1. The monoisotopic (exact) mass is 508 g/mol. The van der Waals surface area contributed by atoms with E-state index in [1.807, 2.05) is 18.2 Å². The predicted octanol–water partition coefficient (Wildman–Crippen LogP) is 8.05. The lowest BCUT2D eigenvalue weighted by Gasteiger charge is -2.27. The van der Waals surface area contributed by atoms with E-state index in [0.29, 0.717) is 12.0 Å². The Morgan fingerprint density at radius 1 is 0.821 bits per heavy atom. The minimum atomic E-state index is -1.20. The molecule has 39 heavy (non-hydrogen) atoms. The molecule has 0 saturated heterocycles. The number of fused-ring (bicyclic) bond motifs is 3. The molecular weight excluding hydrogens is 480 g/mol. The van der Waals surface area contributed by atoms with Crippen molar-refractivity contribution < 1.29 is 9.90 Å². The molecule has 0 spiro atoms. The van der Waals surface area contributed by atoms with Crippen LogP contribution in [0.2, 0.25) is 0 Å². The highest BCUT2D eigenvalue weighted by Crippen LogP contribution is 2.52. The summed E-state index contributed by atoms with van der Waals surface area (Å²) in [7, 11) is 0. The van der Waals surface area contributed by atoms with Gasteiger partial charge in [0.2, 0.25) is 0 Å². The van der Waals surface area contributed by atoms with E-state index in [0.717, 1.165) is 29.7 Å². The minimum absolute atomic E-state index is 0.248. The van der Waals surface area contributed by atoms with Crippen molar-refractivity contribution in [1.82, 2.24) is 0 Å².